The molecule has 2 aromatic heterocycles. The van der Waals surface area contributed by atoms with Gasteiger partial charge in [0.1, 0.15) is 10.8 Å². The average Bonchev–Trinajstić information content (AvgIpc) is 3.05. The van der Waals surface area contributed by atoms with Gasteiger partial charge in [0.25, 0.3) is 0 Å². The Morgan fingerprint density at radius 1 is 1.39 bits per heavy atom. The maximum atomic E-state index is 5.51. The molecule has 1 unspecified atom stereocenters. The van der Waals surface area contributed by atoms with Gasteiger partial charge in [-0.15, -0.1) is 11.3 Å². The molecular formula is C13H14N2OS2. The van der Waals surface area contributed by atoms with Crippen LogP contribution in [0.25, 0.3) is 11.3 Å². The van der Waals surface area contributed by atoms with Crippen LogP contribution in [-0.4, -0.2) is 23.0 Å². The first kappa shape index (κ1) is 11.1. The Balaban J connectivity index is 1.73. The lowest BCUT2D eigenvalue weighted by molar-refractivity contribution is 0.508. The summed E-state index contributed by atoms with van der Waals surface area (Å²) in [6.07, 6.45) is 3.88. The minimum Gasteiger partial charge on any atom is -0.469 e. The summed E-state index contributed by atoms with van der Waals surface area (Å²) in [5, 5.41) is 4.82. The van der Waals surface area contributed by atoms with Gasteiger partial charge < -0.3 is 9.73 Å². The molecular weight excluding hydrogens is 264 g/mol. The van der Waals surface area contributed by atoms with Crippen LogP contribution in [0.15, 0.2) is 16.7 Å². The molecule has 94 valence electrons. The fourth-order valence-electron chi connectivity index (χ4n) is 2.60. The number of nitrogens with zero attached hydrogens (tertiary/aromatic N) is 1. The molecule has 0 aromatic carbocycles. The minimum absolute atomic E-state index is 0.440. The van der Waals surface area contributed by atoms with Crippen molar-refractivity contribution in [3.05, 3.63) is 28.0 Å². The highest BCUT2D eigenvalue weighted by Crippen LogP contribution is 2.39. The lowest BCUT2D eigenvalue weighted by atomic mass is 10.0. The Kier molecular flexibility index (Phi) is 2.71. The van der Waals surface area contributed by atoms with E-state index in [0.29, 0.717) is 6.04 Å². The Morgan fingerprint density at radius 2 is 2.39 bits per heavy atom. The van der Waals surface area contributed by atoms with Crippen molar-refractivity contribution in [2.45, 2.75) is 18.9 Å². The van der Waals surface area contributed by atoms with Crippen LogP contribution in [0.2, 0.25) is 0 Å². The van der Waals surface area contributed by atoms with Crippen LogP contribution in [0.3, 0.4) is 0 Å². The topological polar surface area (TPSA) is 38.1 Å². The quantitative estimate of drug-likeness (QED) is 0.870. The highest BCUT2D eigenvalue weighted by Gasteiger charge is 2.26. The predicted molar refractivity (Wildman–Crippen MR) is 75.3 cm³/mol. The predicted octanol–water partition coefficient (Wildman–Crippen LogP) is 2.88. The van der Waals surface area contributed by atoms with Gasteiger partial charge in [0, 0.05) is 34.9 Å². The minimum atomic E-state index is 0.440. The SMILES string of the molecule is c1cc2c(o1)CCc1sc(C3CSCCN3)nc1-2. The summed E-state index contributed by atoms with van der Waals surface area (Å²) >= 11 is 3.90. The highest BCUT2D eigenvalue weighted by atomic mass is 32.2. The van der Waals surface area contributed by atoms with Crippen LogP contribution in [0, 0.1) is 0 Å². The molecule has 0 amide bonds. The molecule has 1 aliphatic heterocycles. The summed E-state index contributed by atoms with van der Waals surface area (Å²) in [7, 11) is 0. The zero-order valence-corrected chi connectivity index (χ0v) is 11.6. The number of fused-ring (bicyclic) bond motifs is 3. The summed E-state index contributed by atoms with van der Waals surface area (Å²) in [5.41, 5.74) is 2.38. The number of rotatable bonds is 1. The van der Waals surface area contributed by atoms with Crippen LogP contribution in [-0.2, 0) is 12.8 Å². The van der Waals surface area contributed by atoms with Crippen molar-refractivity contribution < 1.29 is 4.42 Å². The van der Waals surface area contributed by atoms with Crippen molar-refractivity contribution in [1.82, 2.24) is 10.3 Å². The van der Waals surface area contributed by atoms with Crippen LogP contribution in [0.1, 0.15) is 21.7 Å². The summed E-state index contributed by atoms with van der Waals surface area (Å²) in [5.74, 6) is 3.46. The molecule has 1 atom stereocenters. The van der Waals surface area contributed by atoms with E-state index in [9.17, 15) is 0 Å². The smallest absolute Gasteiger partial charge is 0.113 e. The molecule has 5 heteroatoms. The first-order valence-electron chi connectivity index (χ1n) is 6.29. The van der Waals surface area contributed by atoms with Crippen LogP contribution in [0.5, 0.6) is 0 Å². The van der Waals surface area contributed by atoms with Crippen molar-refractivity contribution in [3.63, 3.8) is 0 Å². The number of thioether (sulfide) groups is 1. The first-order chi connectivity index (χ1) is 8.92. The lowest BCUT2D eigenvalue weighted by Gasteiger charge is -2.20. The van der Waals surface area contributed by atoms with E-state index in [2.05, 4.69) is 11.4 Å². The van der Waals surface area contributed by atoms with Gasteiger partial charge in [-0.05, 0) is 12.5 Å². The Hall–Kier alpha value is -0.780. The van der Waals surface area contributed by atoms with Crippen LogP contribution >= 0.6 is 23.1 Å². The number of hydrogen-bond acceptors (Lipinski definition) is 5. The van der Waals surface area contributed by atoms with Gasteiger partial charge >= 0.3 is 0 Å². The molecule has 18 heavy (non-hydrogen) atoms. The maximum Gasteiger partial charge on any atom is 0.113 e. The zero-order valence-electron chi connectivity index (χ0n) is 9.94. The average molecular weight is 278 g/mol. The number of aryl methyl sites for hydroxylation is 2. The van der Waals surface area contributed by atoms with E-state index >= 15 is 0 Å². The molecule has 0 saturated carbocycles. The molecule has 0 spiro atoms. The van der Waals surface area contributed by atoms with Crippen LogP contribution in [0.4, 0.5) is 0 Å². The molecule has 0 radical (unpaired) electrons. The fraction of sp³-hybridized carbons (Fsp3) is 0.462. The monoisotopic (exact) mass is 278 g/mol. The van der Waals surface area contributed by atoms with E-state index in [1.165, 1.54) is 26.9 Å². The number of hydrogen-bond donors (Lipinski definition) is 1. The van der Waals surface area contributed by atoms with E-state index in [0.717, 1.165) is 30.9 Å². The first-order valence-corrected chi connectivity index (χ1v) is 8.26. The van der Waals surface area contributed by atoms with E-state index in [1.807, 2.05) is 23.1 Å². The zero-order chi connectivity index (χ0) is 11.9. The number of thiazole rings is 1. The Morgan fingerprint density at radius 3 is 3.28 bits per heavy atom. The van der Waals surface area contributed by atoms with E-state index < -0.39 is 0 Å². The molecule has 2 aliphatic rings. The van der Waals surface area contributed by atoms with Crippen molar-refractivity contribution in [2.75, 3.05) is 18.1 Å². The molecule has 1 saturated heterocycles. The van der Waals surface area contributed by atoms with Gasteiger partial charge in [-0.3, -0.25) is 0 Å². The molecule has 1 aliphatic carbocycles. The molecule has 4 rings (SSSR count). The van der Waals surface area contributed by atoms with Crippen LogP contribution < -0.4 is 5.32 Å². The maximum absolute atomic E-state index is 5.51. The van der Waals surface area contributed by atoms with Gasteiger partial charge in [0.05, 0.1) is 18.0 Å². The third-order valence-corrected chi connectivity index (χ3v) is 5.80. The highest BCUT2D eigenvalue weighted by molar-refractivity contribution is 7.99. The molecule has 2 aromatic rings. The number of nitrogens with one attached hydrogen (secondary N) is 1. The normalized spacial score (nSPS) is 22.6. The fourth-order valence-corrected chi connectivity index (χ4v) is 4.80. The summed E-state index contributed by atoms with van der Waals surface area (Å²) < 4.78 is 5.51. The van der Waals surface area contributed by atoms with Gasteiger partial charge in [0.2, 0.25) is 0 Å². The molecule has 0 bridgehead atoms. The molecule has 1 fully saturated rings. The van der Waals surface area contributed by atoms with E-state index in [-0.39, 0.29) is 0 Å². The lowest BCUT2D eigenvalue weighted by Crippen LogP contribution is -2.30. The van der Waals surface area contributed by atoms with Gasteiger partial charge in [-0.1, -0.05) is 0 Å². The van der Waals surface area contributed by atoms with Crippen molar-refractivity contribution in [1.29, 1.82) is 0 Å². The second kappa shape index (κ2) is 4.40. The largest absolute Gasteiger partial charge is 0.469 e. The van der Waals surface area contributed by atoms with E-state index in [1.54, 1.807) is 6.26 Å². The van der Waals surface area contributed by atoms with Gasteiger partial charge in [0.15, 0.2) is 0 Å². The summed E-state index contributed by atoms with van der Waals surface area (Å²) in [6, 6.07) is 2.49. The number of aromatic nitrogens is 1. The summed E-state index contributed by atoms with van der Waals surface area (Å²) in [6.45, 7) is 1.09. The van der Waals surface area contributed by atoms with Crippen molar-refractivity contribution in [3.8, 4) is 11.3 Å². The Bertz CT molecular complexity index is 569. The second-order valence-electron chi connectivity index (χ2n) is 4.66. The standard InChI is InChI=1S/C13H14N2OS2/c1-2-11-12(8-3-5-16-10(1)8)15-13(18-11)9-7-17-6-4-14-9/h3,5,9,14H,1-2,4,6-7H2. The second-order valence-corrected chi connectivity index (χ2v) is 6.93. The molecule has 3 heterocycles. The summed E-state index contributed by atoms with van der Waals surface area (Å²) in [4.78, 5) is 6.30. The van der Waals surface area contributed by atoms with Gasteiger partial charge in [-0.25, -0.2) is 4.98 Å². The Labute approximate surface area is 114 Å². The third kappa shape index (κ3) is 1.73. The molecule has 3 nitrogen and oxygen atoms in total. The number of furan rings is 1. The third-order valence-electron chi connectivity index (χ3n) is 3.51. The molecule has 1 N–H and O–H groups in total. The van der Waals surface area contributed by atoms with Crippen molar-refractivity contribution in [2.24, 2.45) is 0 Å². The van der Waals surface area contributed by atoms with Crippen molar-refractivity contribution >= 4 is 23.1 Å². The van der Waals surface area contributed by atoms with Gasteiger partial charge in [-0.2, -0.15) is 11.8 Å². The van der Waals surface area contributed by atoms with E-state index in [4.69, 9.17) is 9.40 Å².